The summed E-state index contributed by atoms with van der Waals surface area (Å²) in [5, 5.41) is 12.8. The molecule has 0 saturated carbocycles. The Labute approximate surface area is 293 Å². The zero-order valence-electron chi connectivity index (χ0n) is 25.6. The normalized spacial score (nSPS) is 18.2. The third-order valence-corrected chi connectivity index (χ3v) is 9.24. The molecule has 0 aromatic heterocycles. The fourth-order valence-corrected chi connectivity index (χ4v) is 6.46. The van der Waals surface area contributed by atoms with E-state index < -0.39 is 6.10 Å². The maximum absolute atomic E-state index is 13.6. The fourth-order valence-electron chi connectivity index (χ4n) is 5.76. The number of halogens is 3. The van der Waals surface area contributed by atoms with Crippen LogP contribution in [0, 0.1) is 6.92 Å². The Morgan fingerprint density at radius 3 is 1.81 bits per heavy atom. The lowest BCUT2D eigenvalue weighted by Crippen LogP contribution is -2.21. The topological polar surface area (TPSA) is 55.8 Å². The molecular formula is C41H27Cl3O4. The predicted octanol–water partition coefficient (Wildman–Crippen LogP) is 11.4. The number of aliphatic hydroxyl groups excluding tert-OH is 1. The van der Waals surface area contributed by atoms with Crippen molar-refractivity contribution in [2.75, 3.05) is 0 Å². The van der Waals surface area contributed by atoms with Crippen LogP contribution in [0.5, 0.6) is 0 Å². The number of benzene rings is 4. The number of aryl methyl sites for hydroxylation is 1. The first-order chi connectivity index (χ1) is 23.3. The lowest BCUT2D eigenvalue weighted by atomic mass is 9.84. The first-order valence-electron chi connectivity index (χ1n) is 15.2. The Hall–Kier alpha value is -5.00. The van der Waals surface area contributed by atoms with Gasteiger partial charge in [0.1, 0.15) is 29.1 Å². The van der Waals surface area contributed by atoms with Gasteiger partial charge in [0.15, 0.2) is 0 Å². The van der Waals surface area contributed by atoms with Gasteiger partial charge in [-0.15, -0.1) is 0 Å². The Morgan fingerprint density at radius 1 is 0.667 bits per heavy atom. The second-order valence-corrected chi connectivity index (χ2v) is 12.6. The van der Waals surface area contributed by atoms with Gasteiger partial charge in [0.25, 0.3) is 0 Å². The van der Waals surface area contributed by atoms with Gasteiger partial charge >= 0.3 is 0 Å². The van der Waals surface area contributed by atoms with Gasteiger partial charge in [-0.3, -0.25) is 4.79 Å². The summed E-state index contributed by atoms with van der Waals surface area (Å²) in [5.41, 5.74) is 5.83. The summed E-state index contributed by atoms with van der Waals surface area (Å²) in [6.07, 6.45) is 10.1. The molecule has 3 aliphatic rings. The summed E-state index contributed by atoms with van der Waals surface area (Å²) in [6, 6.07) is 30.1. The molecule has 0 radical (unpaired) electrons. The lowest BCUT2D eigenvalue weighted by molar-refractivity contribution is -0.113. The Morgan fingerprint density at radius 2 is 1.23 bits per heavy atom. The molecule has 1 unspecified atom stereocenters. The zero-order chi connectivity index (χ0) is 33.4. The fraction of sp³-hybridized carbons (Fsp3) is 0.0488. The number of allylic oxidation sites excluding steroid dienone is 9. The van der Waals surface area contributed by atoms with Crippen molar-refractivity contribution >= 4 is 57.9 Å². The number of aliphatic hydroxyl groups is 1. The summed E-state index contributed by atoms with van der Waals surface area (Å²) < 4.78 is 12.7. The van der Waals surface area contributed by atoms with Crippen molar-refractivity contribution in [3.8, 4) is 0 Å². The first-order valence-corrected chi connectivity index (χ1v) is 16.3. The van der Waals surface area contributed by atoms with Crippen LogP contribution >= 0.6 is 34.8 Å². The molecule has 4 aromatic rings. The molecule has 2 aliphatic heterocycles. The molecule has 1 aliphatic carbocycles. The third kappa shape index (κ3) is 6.18. The second kappa shape index (κ2) is 13.2. The smallest absolute Gasteiger partial charge is 0.200 e. The van der Waals surface area contributed by atoms with E-state index in [1.807, 2.05) is 104 Å². The molecule has 1 N–H and O–H groups in total. The van der Waals surface area contributed by atoms with Gasteiger partial charge in [-0.25, -0.2) is 0 Å². The number of ether oxygens (including phenoxy) is 2. The van der Waals surface area contributed by atoms with Crippen molar-refractivity contribution in [2.45, 2.75) is 13.0 Å². The molecule has 7 heteroatoms. The van der Waals surface area contributed by atoms with Crippen LogP contribution in [0.15, 0.2) is 162 Å². The van der Waals surface area contributed by atoms with Crippen LogP contribution in [0.25, 0.3) is 17.3 Å². The highest BCUT2D eigenvalue weighted by atomic mass is 35.5. The molecule has 0 amide bonds. The molecule has 1 atom stereocenters. The molecule has 4 aromatic carbocycles. The molecule has 4 nitrogen and oxygen atoms in total. The van der Waals surface area contributed by atoms with Crippen molar-refractivity contribution < 1.29 is 19.4 Å². The Kier molecular flexibility index (Phi) is 8.72. The first kappa shape index (κ1) is 31.6. The summed E-state index contributed by atoms with van der Waals surface area (Å²) in [6.45, 7) is 2.01. The van der Waals surface area contributed by atoms with Crippen LogP contribution in [0.3, 0.4) is 0 Å². The highest BCUT2D eigenvalue weighted by Gasteiger charge is 2.33. The summed E-state index contributed by atoms with van der Waals surface area (Å²) in [7, 11) is 0. The average Bonchev–Trinajstić information content (AvgIpc) is 3.10. The summed E-state index contributed by atoms with van der Waals surface area (Å²) in [5.74, 6) is 1.21. The van der Waals surface area contributed by atoms with E-state index in [-0.39, 0.29) is 22.7 Å². The third-order valence-electron chi connectivity index (χ3n) is 8.23. The SMILES string of the molecule is Cc1ccccc1C1=CC(C=C2C(=O)C(C=C3C=C(c4ccccc4Cl)OC(c4ccccc4Cl)=C3)=C2O)=CC(c2ccccc2Cl)O1. The molecule has 7 rings (SSSR count). The van der Waals surface area contributed by atoms with E-state index >= 15 is 0 Å². The molecule has 0 fully saturated rings. The van der Waals surface area contributed by atoms with Crippen LogP contribution < -0.4 is 0 Å². The van der Waals surface area contributed by atoms with Crippen molar-refractivity contribution in [3.05, 3.63) is 204 Å². The highest BCUT2D eigenvalue weighted by Crippen LogP contribution is 2.41. The zero-order valence-corrected chi connectivity index (χ0v) is 27.9. The van der Waals surface area contributed by atoms with E-state index in [1.165, 1.54) is 0 Å². The van der Waals surface area contributed by atoms with Crippen LogP contribution in [-0.4, -0.2) is 10.9 Å². The van der Waals surface area contributed by atoms with Gasteiger partial charge in [0.2, 0.25) is 5.78 Å². The van der Waals surface area contributed by atoms with Crippen LogP contribution in [0.4, 0.5) is 0 Å². The van der Waals surface area contributed by atoms with Crippen molar-refractivity contribution in [3.63, 3.8) is 0 Å². The number of hydrogen-bond acceptors (Lipinski definition) is 4. The molecule has 0 saturated heterocycles. The number of carbonyl (C=O) groups is 1. The standard InChI is InChI=1S/C41H27Cl3O4/c1-24-10-2-3-11-27(24)36-20-25(21-37(47-36)28-12-4-7-15-33(28)42)18-31-40(45)32(41(31)46)19-26-22-38(29-13-5-8-16-34(29)43)48-39(23-26)30-14-6-9-17-35(30)44/h2-23,37,45H,1H3. The van der Waals surface area contributed by atoms with Gasteiger partial charge < -0.3 is 14.6 Å². The van der Waals surface area contributed by atoms with E-state index in [0.717, 1.165) is 16.7 Å². The van der Waals surface area contributed by atoms with E-state index in [1.54, 1.807) is 36.4 Å². The van der Waals surface area contributed by atoms with Gasteiger partial charge in [0.05, 0.1) is 21.2 Å². The lowest BCUT2D eigenvalue weighted by Gasteiger charge is -2.26. The minimum Gasteiger partial charge on any atom is -0.506 e. The minimum atomic E-state index is -0.503. The molecule has 48 heavy (non-hydrogen) atoms. The maximum Gasteiger partial charge on any atom is 0.200 e. The number of rotatable bonds is 6. The van der Waals surface area contributed by atoms with Gasteiger partial charge in [0, 0.05) is 27.3 Å². The number of carbonyl (C=O) groups excluding carboxylic acids is 1. The molecule has 0 bridgehead atoms. The van der Waals surface area contributed by atoms with E-state index in [2.05, 4.69) is 0 Å². The van der Waals surface area contributed by atoms with Crippen LogP contribution in [0.1, 0.15) is 33.9 Å². The van der Waals surface area contributed by atoms with Crippen LogP contribution in [0.2, 0.25) is 15.1 Å². The van der Waals surface area contributed by atoms with E-state index in [4.69, 9.17) is 44.3 Å². The highest BCUT2D eigenvalue weighted by molar-refractivity contribution is 6.33. The monoisotopic (exact) mass is 688 g/mol. The van der Waals surface area contributed by atoms with Gasteiger partial charge in [-0.1, -0.05) is 102 Å². The number of hydrogen-bond donors (Lipinski definition) is 1. The van der Waals surface area contributed by atoms with Crippen molar-refractivity contribution in [1.29, 1.82) is 0 Å². The second-order valence-electron chi connectivity index (χ2n) is 11.4. The largest absolute Gasteiger partial charge is 0.506 e. The summed E-state index contributed by atoms with van der Waals surface area (Å²) in [4.78, 5) is 13.6. The minimum absolute atomic E-state index is 0.105. The van der Waals surface area contributed by atoms with Gasteiger partial charge in [-0.05, 0) is 90.4 Å². The molecule has 2 heterocycles. The molecule has 0 spiro atoms. The van der Waals surface area contributed by atoms with Crippen molar-refractivity contribution in [1.82, 2.24) is 0 Å². The average molecular weight is 690 g/mol. The van der Waals surface area contributed by atoms with Gasteiger partial charge in [-0.2, -0.15) is 0 Å². The number of Topliss-reactive ketones (excluding diaryl/α,β-unsaturated/α-hetero) is 1. The Bertz CT molecular complexity index is 2150. The molecular weight excluding hydrogens is 663 g/mol. The van der Waals surface area contributed by atoms with Crippen molar-refractivity contribution in [2.24, 2.45) is 0 Å². The maximum atomic E-state index is 13.6. The van der Waals surface area contributed by atoms with E-state index in [0.29, 0.717) is 54.6 Å². The van der Waals surface area contributed by atoms with E-state index in [9.17, 15) is 9.90 Å². The summed E-state index contributed by atoms with van der Waals surface area (Å²) >= 11 is 19.6. The quantitative estimate of drug-likeness (QED) is 0.205. The van der Waals surface area contributed by atoms with Crippen LogP contribution in [-0.2, 0) is 14.3 Å². The molecule has 236 valence electrons. The Balaban J connectivity index is 1.28. The predicted molar refractivity (Wildman–Crippen MR) is 193 cm³/mol. The number of ketones is 1.